The van der Waals surface area contributed by atoms with Gasteiger partial charge in [-0.2, -0.15) is 0 Å². The summed E-state index contributed by atoms with van der Waals surface area (Å²) in [6, 6.07) is -1.68. The summed E-state index contributed by atoms with van der Waals surface area (Å²) >= 11 is 0. The van der Waals surface area contributed by atoms with Crippen molar-refractivity contribution in [2.24, 2.45) is 10.8 Å². The molecule has 41 heavy (non-hydrogen) atoms. The maximum Gasteiger partial charge on any atom is 0.408 e. The van der Waals surface area contributed by atoms with Crippen molar-refractivity contribution in [1.82, 2.24) is 10.6 Å². The third-order valence-electron chi connectivity index (χ3n) is 4.62. The highest BCUT2D eigenvalue weighted by molar-refractivity contribution is 5.81. The van der Waals surface area contributed by atoms with Gasteiger partial charge in [0.05, 0.1) is 6.61 Å². The number of carboxylic acids is 1. The maximum atomic E-state index is 11.8. The molecule has 0 radical (unpaired) electrons. The number of rotatable bonds is 11. The molecule has 0 aromatic carbocycles. The van der Waals surface area contributed by atoms with Gasteiger partial charge in [0.15, 0.2) is 0 Å². The van der Waals surface area contributed by atoms with Gasteiger partial charge >= 0.3 is 24.1 Å². The molecule has 0 rings (SSSR count). The quantitative estimate of drug-likeness (QED) is 0.137. The van der Waals surface area contributed by atoms with E-state index < -0.39 is 47.4 Å². The molecule has 0 aromatic rings. The van der Waals surface area contributed by atoms with E-state index in [0.717, 1.165) is 12.8 Å². The van der Waals surface area contributed by atoms with Crippen LogP contribution >= 0.6 is 0 Å². The topological polar surface area (TPSA) is 160 Å². The molecule has 4 N–H and O–H groups in total. The second-order valence-corrected chi connectivity index (χ2v) is 13.2. The van der Waals surface area contributed by atoms with E-state index in [1.165, 1.54) is 6.92 Å². The second kappa shape index (κ2) is 19.1. The Labute approximate surface area is 247 Å². The summed E-state index contributed by atoms with van der Waals surface area (Å²) in [7, 11) is 0. The van der Waals surface area contributed by atoms with Gasteiger partial charge in [-0.15, -0.1) is 13.2 Å². The monoisotopic (exact) mass is 588 g/mol. The molecule has 0 heterocycles. The smallest absolute Gasteiger partial charge is 0.408 e. The lowest BCUT2D eigenvalue weighted by Gasteiger charge is -2.24. The average molecular weight is 589 g/mol. The highest BCUT2D eigenvalue weighted by atomic mass is 16.6. The number of aliphatic carboxylic acids is 1. The first-order valence-electron chi connectivity index (χ1n) is 13.5. The fourth-order valence-electron chi connectivity index (χ4n) is 2.39. The van der Waals surface area contributed by atoms with E-state index in [-0.39, 0.29) is 24.0 Å². The number of aliphatic hydroxyl groups excluding tert-OH is 1. The van der Waals surface area contributed by atoms with Crippen molar-refractivity contribution in [2.45, 2.75) is 119 Å². The van der Waals surface area contributed by atoms with E-state index in [9.17, 15) is 19.2 Å². The number of hydrogen-bond acceptors (Lipinski definition) is 8. The van der Waals surface area contributed by atoms with Gasteiger partial charge in [0.1, 0.15) is 23.3 Å². The fourth-order valence-corrected chi connectivity index (χ4v) is 2.39. The first kappa shape index (κ1) is 42.4. The molecule has 0 aromatic heterocycles. The van der Waals surface area contributed by atoms with Crippen molar-refractivity contribution in [1.29, 1.82) is 0 Å². The predicted molar refractivity (Wildman–Crippen MR) is 161 cm³/mol. The SMILES string of the molecule is C=CCC(C)(C)CO.C=CCC(C)(C)COC(=O)[C@H](C)NC(=O)OC(C)(C)C.C[C@H](NC(=O)OC(C)(C)C)C(=O)O. The molecule has 2 amide bonds. The summed E-state index contributed by atoms with van der Waals surface area (Å²) in [5.74, 6) is -1.57. The van der Waals surface area contributed by atoms with Crippen LogP contribution in [-0.2, 0) is 23.8 Å². The number of esters is 1. The van der Waals surface area contributed by atoms with Crippen LogP contribution in [0.15, 0.2) is 25.3 Å². The minimum atomic E-state index is -1.09. The summed E-state index contributed by atoms with van der Waals surface area (Å²) in [4.78, 5) is 44.6. The molecular formula is C30H56N2O9. The van der Waals surface area contributed by atoms with Crippen LogP contribution in [0, 0.1) is 10.8 Å². The molecule has 11 heteroatoms. The molecule has 0 saturated heterocycles. The molecule has 0 unspecified atom stereocenters. The van der Waals surface area contributed by atoms with E-state index in [2.05, 4.69) is 23.8 Å². The van der Waals surface area contributed by atoms with Crippen molar-refractivity contribution in [3.8, 4) is 0 Å². The van der Waals surface area contributed by atoms with Crippen molar-refractivity contribution in [3.05, 3.63) is 25.3 Å². The molecule has 0 spiro atoms. The molecule has 0 bridgehead atoms. The van der Waals surface area contributed by atoms with Crippen LogP contribution in [0.1, 0.15) is 95.9 Å². The van der Waals surface area contributed by atoms with Gasteiger partial charge in [-0.25, -0.2) is 14.4 Å². The predicted octanol–water partition coefficient (Wildman–Crippen LogP) is 5.61. The van der Waals surface area contributed by atoms with Gasteiger partial charge in [-0.3, -0.25) is 4.79 Å². The molecule has 11 nitrogen and oxygen atoms in total. The van der Waals surface area contributed by atoms with Crippen molar-refractivity contribution < 1.29 is 43.6 Å². The Bertz CT molecular complexity index is 838. The van der Waals surface area contributed by atoms with E-state index >= 15 is 0 Å². The number of hydrogen-bond donors (Lipinski definition) is 4. The highest BCUT2D eigenvalue weighted by Crippen LogP contribution is 2.21. The Hall–Kier alpha value is -3.08. The van der Waals surface area contributed by atoms with Crippen LogP contribution in [0.4, 0.5) is 9.59 Å². The van der Waals surface area contributed by atoms with Crippen LogP contribution < -0.4 is 10.6 Å². The lowest BCUT2D eigenvalue weighted by molar-refractivity contribution is -0.148. The van der Waals surface area contributed by atoms with Crippen molar-refractivity contribution in [2.75, 3.05) is 13.2 Å². The summed E-state index contributed by atoms with van der Waals surface area (Å²) in [6.45, 7) is 29.1. The number of carbonyl (C=O) groups is 4. The van der Waals surface area contributed by atoms with Gasteiger partial charge < -0.3 is 35.1 Å². The van der Waals surface area contributed by atoms with Crippen LogP contribution in [0.3, 0.4) is 0 Å². The fraction of sp³-hybridized carbons (Fsp3) is 0.733. The van der Waals surface area contributed by atoms with Crippen molar-refractivity contribution in [3.63, 3.8) is 0 Å². The Morgan fingerprint density at radius 2 is 1.10 bits per heavy atom. The summed E-state index contributed by atoms with van der Waals surface area (Å²) in [6.07, 6.45) is 3.89. The number of aliphatic hydroxyl groups is 1. The minimum Gasteiger partial charge on any atom is -0.480 e. The minimum absolute atomic E-state index is 0.0295. The Kier molecular flexibility index (Phi) is 19.8. The molecule has 0 aliphatic rings. The molecule has 0 saturated carbocycles. The highest BCUT2D eigenvalue weighted by Gasteiger charge is 2.24. The van der Waals surface area contributed by atoms with Gasteiger partial charge in [0.2, 0.25) is 0 Å². The first-order chi connectivity index (χ1) is 18.3. The Balaban J connectivity index is -0.000000587. The van der Waals surface area contributed by atoms with E-state index in [4.69, 9.17) is 24.4 Å². The van der Waals surface area contributed by atoms with Gasteiger partial charge in [0, 0.05) is 12.0 Å². The van der Waals surface area contributed by atoms with Gasteiger partial charge in [-0.1, -0.05) is 39.8 Å². The zero-order valence-electron chi connectivity index (χ0n) is 27.3. The third kappa shape index (κ3) is 28.3. The van der Waals surface area contributed by atoms with E-state index in [1.54, 1.807) is 54.5 Å². The van der Waals surface area contributed by atoms with Gasteiger partial charge in [0.25, 0.3) is 0 Å². The Morgan fingerprint density at radius 1 is 0.732 bits per heavy atom. The summed E-state index contributed by atoms with van der Waals surface area (Å²) in [5, 5.41) is 21.8. The number of allylic oxidation sites excluding steroid dienone is 2. The lowest BCUT2D eigenvalue weighted by Crippen LogP contribution is -2.43. The Morgan fingerprint density at radius 3 is 1.39 bits per heavy atom. The molecule has 0 aliphatic carbocycles. The number of amides is 2. The van der Waals surface area contributed by atoms with Crippen LogP contribution in [-0.4, -0.2) is 70.8 Å². The number of ether oxygens (including phenoxy) is 3. The zero-order chi connectivity index (χ0) is 33.2. The zero-order valence-corrected chi connectivity index (χ0v) is 27.3. The number of carboxylic acid groups (broad SMARTS) is 1. The van der Waals surface area contributed by atoms with Crippen molar-refractivity contribution >= 4 is 24.1 Å². The van der Waals surface area contributed by atoms with Crippen LogP contribution in [0.25, 0.3) is 0 Å². The first-order valence-corrected chi connectivity index (χ1v) is 13.5. The largest absolute Gasteiger partial charge is 0.480 e. The molecule has 2 atom stereocenters. The molecule has 240 valence electrons. The molecular weight excluding hydrogens is 532 g/mol. The number of alkyl carbamates (subject to hydrolysis) is 2. The number of nitrogens with one attached hydrogen (secondary N) is 2. The second-order valence-electron chi connectivity index (χ2n) is 13.2. The number of carbonyl (C=O) groups excluding carboxylic acids is 3. The van der Waals surface area contributed by atoms with Gasteiger partial charge in [-0.05, 0) is 73.6 Å². The van der Waals surface area contributed by atoms with Crippen LogP contribution in [0.2, 0.25) is 0 Å². The molecule has 0 aliphatic heterocycles. The normalized spacial score (nSPS) is 12.9. The molecule has 0 fully saturated rings. The lowest BCUT2D eigenvalue weighted by atomic mass is 9.91. The third-order valence-corrected chi connectivity index (χ3v) is 4.62. The standard InChI is InChI=1S/C15H27NO4.C8H15NO4.C7H14O/c1-8-9-15(6,7)10-19-12(17)11(2)16-13(18)20-14(3,4)5;1-5(6(10)11)9-7(12)13-8(2,3)4;1-4-5-7(2,3)6-8/h8,11H,1,9-10H2,2-7H3,(H,16,18);5H,1-4H3,(H,9,12)(H,10,11);4,8H,1,5-6H2,2-3H3/t11-;5-;/m00./s1. The summed E-state index contributed by atoms with van der Waals surface area (Å²) < 4.78 is 15.1. The van der Waals surface area contributed by atoms with E-state index in [0.29, 0.717) is 0 Å². The average Bonchev–Trinajstić information content (AvgIpc) is 2.75. The summed E-state index contributed by atoms with van der Waals surface area (Å²) in [5.41, 5.74) is -1.34. The van der Waals surface area contributed by atoms with E-state index in [1.807, 2.05) is 33.8 Å². The maximum absolute atomic E-state index is 11.8. The van der Waals surface area contributed by atoms with Crippen LogP contribution in [0.5, 0.6) is 0 Å².